The Labute approximate surface area is 58.6 Å². The van der Waals surface area contributed by atoms with Gasteiger partial charge in [-0.1, -0.05) is 5.70 Å². The molecule has 0 rings (SSSR count). The molecule has 0 radical (unpaired) electrons. The molecule has 5 heteroatoms. The summed E-state index contributed by atoms with van der Waals surface area (Å²) in [4.78, 5) is 0. The summed E-state index contributed by atoms with van der Waals surface area (Å²) in [5, 5.41) is 16.9. The molecule has 0 aliphatic heterocycles. The van der Waals surface area contributed by atoms with Crippen LogP contribution >= 0.6 is 0 Å². The molecule has 0 aliphatic rings. The maximum Gasteiger partial charge on any atom is 0.213 e. The van der Waals surface area contributed by atoms with Crippen molar-refractivity contribution in [2.45, 2.75) is 0 Å². The molecule has 0 aliphatic carbocycles. The molecular weight excluding hydrogens is 152 g/mol. The van der Waals surface area contributed by atoms with E-state index in [2.05, 4.69) is 6.58 Å². The first-order valence-electron chi connectivity index (χ1n) is 2.81. The first-order chi connectivity index (χ1) is 4.35. The summed E-state index contributed by atoms with van der Waals surface area (Å²) in [5.74, 6) is 0. The Balaban J connectivity index is 3.20. The van der Waals surface area contributed by atoms with Crippen molar-refractivity contribution in [3.63, 3.8) is 0 Å². The average Bonchev–Trinajstić information content (AvgIpc) is 1.91. The highest BCUT2D eigenvalue weighted by Crippen LogP contribution is 1.82. The Morgan fingerprint density at radius 3 is 2.67 bits per heavy atom. The smallest absolute Gasteiger partial charge is 0.213 e. The van der Waals surface area contributed by atoms with E-state index in [-0.39, 0.29) is 12.5 Å². The van der Waals surface area contributed by atoms with E-state index in [4.69, 9.17) is 14.3 Å². The fourth-order valence-corrected chi connectivity index (χ4v) is 3.15. The zero-order valence-corrected chi connectivity index (χ0v) is 7.85. The minimum Gasteiger partial charge on any atom is -0.456 e. The predicted molar refractivity (Wildman–Crippen MR) is 41.1 cm³/mol. The van der Waals surface area contributed by atoms with Crippen molar-refractivity contribution in [3.05, 3.63) is 12.3 Å². The summed E-state index contributed by atoms with van der Waals surface area (Å²) >= 11 is 0. The van der Waals surface area contributed by atoms with E-state index < -0.39 is 18.8 Å². The highest BCUT2D eigenvalue weighted by molar-refractivity contribution is 6.62. The van der Waals surface area contributed by atoms with Crippen molar-refractivity contribution in [3.8, 4) is 0 Å². The van der Waals surface area contributed by atoms with Crippen LogP contribution < -0.4 is 0 Å². The van der Waals surface area contributed by atoms with Crippen LogP contribution in [0.2, 0.25) is 0 Å². The normalized spacial score (nSPS) is 14.4. The van der Waals surface area contributed by atoms with Crippen LogP contribution in [0, 0.1) is 0 Å². The van der Waals surface area contributed by atoms with E-state index in [0.717, 1.165) is 0 Å². The van der Waals surface area contributed by atoms with Crippen LogP contribution in [0.4, 0.5) is 0 Å². The molecule has 0 saturated carbocycles. The van der Waals surface area contributed by atoms with E-state index >= 15 is 0 Å². The van der Waals surface area contributed by atoms with E-state index in [0.29, 0.717) is 0 Å². The summed E-state index contributed by atoms with van der Waals surface area (Å²) in [6.07, 6.45) is 0.244. The van der Waals surface area contributed by atoms with Gasteiger partial charge in [-0.15, -0.1) is 6.58 Å². The number of aliphatic hydroxyl groups is 2. The fourth-order valence-electron chi connectivity index (χ4n) is 0.399. The van der Waals surface area contributed by atoms with Crippen LogP contribution in [-0.2, 0) is 4.12 Å². The Morgan fingerprint density at radius 1 is 1.67 bits per heavy atom. The van der Waals surface area contributed by atoms with Crippen molar-refractivity contribution in [1.29, 1.82) is 0 Å². The van der Waals surface area contributed by atoms with Crippen LogP contribution in [0.1, 0.15) is 0 Å². The zero-order chi connectivity index (χ0) is 7.11. The van der Waals surface area contributed by atoms with Gasteiger partial charge in [0.25, 0.3) is 0 Å². The van der Waals surface area contributed by atoms with E-state index in [1.165, 1.54) is 0 Å². The first kappa shape index (κ1) is 9.05. The second-order valence-electron chi connectivity index (χ2n) is 1.55. The fraction of sp³-hybridized carbons (Fsp3) is 0.500. The molecule has 1 atom stereocenters. The van der Waals surface area contributed by atoms with Gasteiger partial charge in [0.1, 0.15) is 0 Å². The molecule has 0 spiro atoms. The van der Waals surface area contributed by atoms with Gasteiger partial charge in [0, 0.05) is 0 Å². The van der Waals surface area contributed by atoms with Gasteiger partial charge in [0.15, 0.2) is 9.76 Å². The Kier molecular flexibility index (Phi) is 6.21. The van der Waals surface area contributed by atoms with E-state index in [9.17, 15) is 0 Å². The minimum atomic E-state index is -1.49. The lowest BCUT2D eigenvalue weighted by Gasteiger charge is -2.06. The highest BCUT2D eigenvalue weighted by Gasteiger charge is 2.02. The van der Waals surface area contributed by atoms with Gasteiger partial charge in [-0.2, -0.15) is 0 Å². The zero-order valence-electron chi connectivity index (χ0n) is 5.29. The van der Waals surface area contributed by atoms with E-state index in [1.807, 2.05) is 0 Å². The molecule has 2 N–H and O–H groups in total. The topological polar surface area (TPSA) is 49.7 Å². The van der Waals surface area contributed by atoms with Crippen molar-refractivity contribution in [2.24, 2.45) is 0 Å². The van der Waals surface area contributed by atoms with Crippen molar-refractivity contribution < 1.29 is 14.3 Å². The van der Waals surface area contributed by atoms with Crippen LogP contribution in [0.15, 0.2) is 12.3 Å². The second-order valence-corrected chi connectivity index (χ2v) is 5.65. The van der Waals surface area contributed by atoms with Gasteiger partial charge in [0.2, 0.25) is 9.04 Å². The van der Waals surface area contributed by atoms with Crippen molar-refractivity contribution >= 4 is 18.8 Å². The first-order valence-corrected chi connectivity index (χ1v) is 6.34. The molecule has 0 aromatic rings. The Hall–Kier alpha value is 0.0538. The summed E-state index contributed by atoms with van der Waals surface area (Å²) in [5.41, 5.74) is 1.67. The molecule has 54 valence electrons. The lowest BCUT2D eigenvalue weighted by Crippen LogP contribution is -2.24. The summed E-state index contributed by atoms with van der Waals surface area (Å²) in [7, 11) is -2.25. The third-order valence-electron chi connectivity index (χ3n) is 0.866. The summed E-state index contributed by atoms with van der Waals surface area (Å²) in [6, 6.07) is 0. The number of aliphatic hydroxyl groups excluding tert-OH is 2. The molecule has 0 aromatic carbocycles. The lowest BCUT2D eigenvalue weighted by atomic mass is 11.3. The van der Waals surface area contributed by atoms with Crippen LogP contribution in [0.5, 0.6) is 0 Å². The Bertz CT molecular complexity index is 78.2. The predicted octanol–water partition coefficient (Wildman–Crippen LogP) is -1.98. The van der Waals surface area contributed by atoms with E-state index in [1.54, 1.807) is 5.70 Å². The van der Waals surface area contributed by atoms with Crippen LogP contribution in [0.3, 0.4) is 0 Å². The maximum absolute atomic E-state index is 8.56. The van der Waals surface area contributed by atoms with Gasteiger partial charge in [-0.3, -0.25) is 0 Å². The highest BCUT2D eigenvalue weighted by atomic mass is 28.3. The van der Waals surface area contributed by atoms with Gasteiger partial charge < -0.3 is 14.3 Å². The maximum atomic E-state index is 8.56. The number of hydrogen-bond donors (Lipinski definition) is 2. The third kappa shape index (κ3) is 4.55. The monoisotopic (exact) mass is 164 g/mol. The lowest BCUT2D eigenvalue weighted by molar-refractivity contribution is 0.333. The Morgan fingerprint density at radius 2 is 2.33 bits per heavy atom. The van der Waals surface area contributed by atoms with Crippen molar-refractivity contribution in [2.75, 3.05) is 12.5 Å². The van der Waals surface area contributed by atoms with Gasteiger partial charge in [0.05, 0.1) is 12.5 Å². The molecule has 0 fully saturated rings. The van der Waals surface area contributed by atoms with Crippen LogP contribution in [-0.4, -0.2) is 41.5 Å². The van der Waals surface area contributed by atoms with Gasteiger partial charge in [-0.05, 0) is 0 Å². The molecule has 0 bridgehead atoms. The molecule has 0 amide bonds. The average molecular weight is 164 g/mol. The molecule has 9 heavy (non-hydrogen) atoms. The number of hydrogen-bond acceptors (Lipinski definition) is 3. The van der Waals surface area contributed by atoms with Crippen molar-refractivity contribution in [1.82, 2.24) is 0 Å². The quantitative estimate of drug-likeness (QED) is 0.463. The van der Waals surface area contributed by atoms with Gasteiger partial charge in [-0.25, -0.2) is 0 Å². The minimum absolute atomic E-state index is 0.0938. The van der Waals surface area contributed by atoms with Gasteiger partial charge >= 0.3 is 0 Å². The second kappa shape index (κ2) is 6.18. The molecule has 0 aromatic heterocycles. The summed E-state index contributed by atoms with van der Waals surface area (Å²) < 4.78 is 5.15. The standard InChI is InChI=1S/C4H12O3Si2/c1-2-9(4-6)7-8-3-5/h2,5-6,9H,1,3-4,8H2. The molecular formula is C4H12O3Si2. The molecule has 0 saturated heterocycles. The third-order valence-corrected chi connectivity index (χ3v) is 4.59. The SMILES string of the molecule is C=C[SiH](CO)O[SiH2]CO. The largest absolute Gasteiger partial charge is 0.456 e. The molecule has 0 heterocycles. The number of rotatable bonds is 5. The van der Waals surface area contributed by atoms with Crippen LogP contribution in [0.25, 0.3) is 0 Å². The molecule has 1 unspecified atom stereocenters. The molecule has 3 nitrogen and oxygen atoms in total. The summed E-state index contributed by atoms with van der Waals surface area (Å²) in [6.45, 7) is 3.50.